The van der Waals surface area contributed by atoms with Crippen LogP contribution in [-0.2, 0) is 11.8 Å². The second-order valence-electron chi connectivity index (χ2n) is 17.8. The molecule has 1 N–H and O–H groups in total. The van der Waals surface area contributed by atoms with Gasteiger partial charge in [0.25, 0.3) is 0 Å². The molecule has 1 atom stereocenters. The molecule has 0 amide bonds. The Kier molecular flexibility index (Phi) is 11.0. The van der Waals surface area contributed by atoms with E-state index in [4.69, 9.17) is 0 Å². The van der Waals surface area contributed by atoms with E-state index >= 15 is 0 Å². The largest absolute Gasteiger partial charge is 0.361 e. The maximum atomic E-state index is 3.84. The average Bonchev–Trinajstić information content (AvgIpc) is 3.94. The molecule has 0 fully saturated rings. The van der Waals surface area contributed by atoms with Crippen LogP contribution in [0, 0.1) is 0 Å². The fraction of sp³-hybridized carbons (Fsp3) is 0.125. The molecule has 0 aliphatic heterocycles. The summed E-state index contributed by atoms with van der Waals surface area (Å²) >= 11 is 0. The quantitative estimate of drug-likeness (QED) is 0.182. The summed E-state index contributed by atoms with van der Waals surface area (Å²) in [6.45, 7) is 4.00. The van der Waals surface area contributed by atoms with Crippen molar-refractivity contribution >= 4 is 52.6 Å². The van der Waals surface area contributed by atoms with E-state index in [0.717, 1.165) is 43.5 Å². The van der Waals surface area contributed by atoms with Gasteiger partial charge in [-0.1, -0.05) is 184 Å². The monoisotopic (exact) mass is 882 g/mol. The lowest BCUT2D eigenvalue weighted by Crippen LogP contribution is -2.31. The Morgan fingerprint density at radius 1 is 0.522 bits per heavy atom. The van der Waals surface area contributed by atoms with Crippen molar-refractivity contribution in [1.29, 1.82) is 0 Å². The molecule has 5 aliphatic carbocycles. The van der Waals surface area contributed by atoms with Gasteiger partial charge in [-0.25, -0.2) is 0 Å². The second kappa shape index (κ2) is 17.5. The summed E-state index contributed by atoms with van der Waals surface area (Å²) in [6.07, 6.45) is 18.8. The molecule has 5 aliphatic rings. The predicted molar refractivity (Wildman–Crippen MR) is 289 cm³/mol. The fourth-order valence-electron chi connectivity index (χ4n) is 11.9. The van der Waals surface area contributed by atoms with Crippen molar-refractivity contribution < 1.29 is 0 Å². The topological polar surface area (TPSA) is 19.0 Å². The highest BCUT2D eigenvalue weighted by Gasteiger charge is 2.51. The molecule has 67 heavy (non-hydrogen) atoms. The standard InChI is InChI=1S/C62H46N2.C2H6.H2S/c1-3-16-41(17-4-1)42-31-35-45(36-32-42)64(46-37-33-43(34-38-46)47-23-13-24-49-48-19-7-6-18-44(48)40-54(47)49)59-30-15-28-57-60(59)53-22-9-11-27-56(53)62(57)55-26-10-8-21-51(55)50-20-5-2-12-39-63-61-52(50)25-14-29-58(61)62;1-2;/h1-3,5-10,12-16,18-26,28-39,63H,4,11,17,27,40H2;1-2H3;1H2. The van der Waals surface area contributed by atoms with Gasteiger partial charge in [0.15, 0.2) is 0 Å². The zero-order valence-electron chi connectivity index (χ0n) is 38.2. The van der Waals surface area contributed by atoms with E-state index in [-0.39, 0.29) is 13.5 Å². The van der Waals surface area contributed by atoms with Crippen molar-refractivity contribution in [2.45, 2.75) is 51.4 Å². The van der Waals surface area contributed by atoms with E-state index < -0.39 is 5.41 Å². The Balaban J connectivity index is 0.00000163. The summed E-state index contributed by atoms with van der Waals surface area (Å²) in [5.41, 5.74) is 25.6. The van der Waals surface area contributed by atoms with Crippen LogP contribution < -0.4 is 4.90 Å². The maximum absolute atomic E-state index is 3.84. The van der Waals surface area contributed by atoms with E-state index in [1.165, 1.54) is 106 Å². The Bertz CT molecular complexity index is 3410. The first-order valence-corrected chi connectivity index (χ1v) is 23.9. The molecular formula is C64H54N2S. The number of benzene rings is 7. The van der Waals surface area contributed by atoms with Gasteiger partial charge in [-0.05, 0) is 152 Å². The molecule has 2 nitrogen and oxygen atoms in total. The smallest absolute Gasteiger partial charge is 0.0703 e. The normalized spacial score (nSPS) is 16.4. The van der Waals surface area contributed by atoms with Gasteiger partial charge in [0.05, 0.1) is 16.6 Å². The highest BCUT2D eigenvalue weighted by atomic mass is 32.1. The van der Waals surface area contributed by atoms with Crippen LogP contribution in [-0.4, -0.2) is 4.98 Å². The van der Waals surface area contributed by atoms with Crippen molar-refractivity contribution in [2.75, 3.05) is 4.90 Å². The number of nitrogens with zero attached hydrogens (tertiary/aromatic N) is 1. The van der Waals surface area contributed by atoms with Crippen molar-refractivity contribution in [3.8, 4) is 33.4 Å². The Morgan fingerprint density at radius 3 is 2.00 bits per heavy atom. The zero-order chi connectivity index (χ0) is 44.2. The number of H-pyrrole nitrogens is 1. The van der Waals surface area contributed by atoms with Crippen LogP contribution in [0.25, 0.3) is 55.4 Å². The molecule has 1 aromatic heterocycles. The number of aromatic nitrogens is 1. The number of rotatable bonds is 5. The number of fused-ring (bicyclic) bond motifs is 11. The highest BCUT2D eigenvalue weighted by Crippen LogP contribution is 2.63. The number of nitrogens with one attached hydrogen (secondary N) is 1. The van der Waals surface area contributed by atoms with E-state index in [1.807, 2.05) is 13.8 Å². The average molecular weight is 883 g/mol. The summed E-state index contributed by atoms with van der Waals surface area (Å²) in [6, 6.07) is 66.3. The van der Waals surface area contributed by atoms with E-state index in [0.29, 0.717) is 0 Å². The molecule has 13 rings (SSSR count). The molecule has 326 valence electrons. The van der Waals surface area contributed by atoms with Gasteiger partial charge in [0.1, 0.15) is 0 Å². The third-order valence-electron chi connectivity index (χ3n) is 14.6. The predicted octanol–water partition coefficient (Wildman–Crippen LogP) is 17.3. The summed E-state index contributed by atoms with van der Waals surface area (Å²) in [7, 11) is 0. The van der Waals surface area contributed by atoms with Crippen molar-refractivity contribution in [3.05, 3.63) is 257 Å². The summed E-state index contributed by atoms with van der Waals surface area (Å²) in [5.74, 6) is 0. The van der Waals surface area contributed by atoms with Crippen LogP contribution in [0.4, 0.5) is 17.1 Å². The van der Waals surface area contributed by atoms with Gasteiger partial charge in [-0.3, -0.25) is 0 Å². The first-order chi connectivity index (χ1) is 32.8. The second-order valence-corrected chi connectivity index (χ2v) is 17.8. The minimum Gasteiger partial charge on any atom is -0.361 e. The molecule has 0 radical (unpaired) electrons. The molecule has 1 spiro atoms. The van der Waals surface area contributed by atoms with Crippen molar-refractivity contribution in [3.63, 3.8) is 0 Å². The Morgan fingerprint density at radius 2 is 1.18 bits per heavy atom. The number of hydrogen-bond acceptors (Lipinski definition) is 1. The molecular weight excluding hydrogens is 829 g/mol. The van der Waals surface area contributed by atoms with Gasteiger partial charge < -0.3 is 9.88 Å². The lowest BCUT2D eigenvalue weighted by molar-refractivity contribution is 0.703. The lowest BCUT2D eigenvalue weighted by atomic mass is 9.64. The molecule has 3 heteroatoms. The van der Waals surface area contributed by atoms with Crippen LogP contribution in [0.15, 0.2) is 218 Å². The number of allylic oxidation sites excluding steroid dienone is 8. The van der Waals surface area contributed by atoms with Gasteiger partial charge in [0.2, 0.25) is 0 Å². The van der Waals surface area contributed by atoms with E-state index in [2.05, 4.69) is 222 Å². The maximum Gasteiger partial charge on any atom is 0.0703 e. The first-order valence-electron chi connectivity index (χ1n) is 23.9. The molecule has 8 aromatic rings. The van der Waals surface area contributed by atoms with Gasteiger partial charge >= 0.3 is 0 Å². The molecule has 7 aromatic carbocycles. The zero-order valence-corrected chi connectivity index (χ0v) is 39.2. The third kappa shape index (κ3) is 6.62. The number of para-hydroxylation sites is 1. The molecule has 4 bridgehead atoms. The number of anilines is 3. The van der Waals surface area contributed by atoms with Crippen LogP contribution in [0.3, 0.4) is 0 Å². The lowest BCUT2D eigenvalue weighted by Gasteiger charge is -2.37. The molecule has 0 saturated carbocycles. The summed E-state index contributed by atoms with van der Waals surface area (Å²) in [5, 5.41) is 1.23. The molecule has 1 heterocycles. The number of hydrogen-bond donors (Lipinski definition) is 1. The van der Waals surface area contributed by atoms with Crippen LogP contribution >= 0.6 is 13.5 Å². The van der Waals surface area contributed by atoms with E-state index in [9.17, 15) is 0 Å². The Hall–Kier alpha value is -7.33. The van der Waals surface area contributed by atoms with Crippen molar-refractivity contribution in [2.24, 2.45) is 0 Å². The van der Waals surface area contributed by atoms with E-state index in [1.54, 1.807) is 0 Å². The first kappa shape index (κ1) is 42.3. The van der Waals surface area contributed by atoms with Gasteiger partial charge in [-0.2, -0.15) is 13.5 Å². The fourth-order valence-corrected chi connectivity index (χ4v) is 11.9. The molecule has 0 saturated heterocycles. The van der Waals surface area contributed by atoms with Crippen LogP contribution in [0.2, 0.25) is 0 Å². The van der Waals surface area contributed by atoms with Crippen LogP contribution in [0.5, 0.6) is 0 Å². The summed E-state index contributed by atoms with van der Waals surface area (Å²) in [4.78, 5) is 6.36. The highest BCUT2D eigenvalue weighted by molar-refractivity contribution is 7.59. The van der Waals surface area contributed by atoms with Crippen LogP contribution in [0.1, 0.15) is 78.5 Å². The Labute approximate surface area is 402 Å². The third-order valence-corrected chi connectivity index (χ3v) is 14.6. The van der Waals surface area contributed by atoms with Gasteiger partial charge in [0, 0.05) is 28.5 Å². The minimum atomic E-state index is -0.516. The number of aromatic amines is 1. The van der Waals surface area contributed by atoms with Gasteiger partial charge in [-0.15, -0.1) is 0 Å². The molecule has 1 unspecified atom stereocenters. The SMILES string of the molecule is C1=CCCC(c2ccc(N(c3ccc(-c4cccc5c4Cc4ccccc4-5)cc3)c3cccc4c3C3=C(CCC=C3)C43c4ccccc4-c4ccccc[nH]c5c3cccc45)cc2)=C1.CC.S. The minimum absolute atomic E-state index is 0. The summed E-state index contributed by atoms with van der Waals surface area (Å²) < 4.78 is 0. The van der Waals surface area contributed by atoms with Crippen molar-refractivity contribution in [1.82, 2.24) is 4.98 Å².